The normalized spacial score (nSPS) is 26.4. The summed E-state index contributed by atoms with van der Waals surface area (Å²) in [6.45, 7) is 2.40. The molecule has 1 aromatic heterocycles. The fraction of sp³-hybridized carbons (Fsp3) is 0.448. The number of nitrogens with zero attached hydrogens (tertiary/aromatic N) is 3. The van der Waals surface area contributed by atoms with E-state index in [1.54, 1.807) is 4.90 Å². The highest BCUT2D eigenvalue weighted by Crippen LogP contribution is 2.38. The highest BCUT2D eigenvalue weighted by Gasteiger charge is 2.41. The molecule has 4 aliphatic rings. The number of likely N-dealkylation sites (tertiary alicyclic amines) is 1. The average Bonchev–Trinajstić information content (AvgIpc) is 3.49. The third-order valence-corrected chi connectivity index (χ3v) is 8.79. The number of carbonyl (C=O) groups is 3. The van der Waals surface area contributed by atoms with Crippen LogP contribution in [0.5, 0.6) is 5.75 Å². The van der Waals surface area contributed by atoms with Crippen LogP contribution in [0.25, 0.3) is 10.9 Å². The van der Waals surface area contributed by atoms with Gasteiger partial charge in [-0.1, -0.05) is 18.6 Å². The number of piperidine rings is 1. The van der Waals surface area contributed by atoms with E-state index in [-0.39, 0.29) is 30.2 Å². The van der Waals surface area contributed by atoms with Crippen molar-refractivity contribution in [1.29, 1.82) is 0 Å². The molecule has 3 unspecified atom stereocenters. The minimum atomic E-state index is -0.605. The van der Waals surface area contributed by atoms with Gasteiger partial charge in [0.05, 0.1) is 11.7 Å². The summed E-state index contributed by atoms with van der Waals surface area (Å²) in [4.78, 5) is 41.1. The lowest BCUT2D eigenvalue weighted by Crippen LogP contribution is -2.57. The first kappa shape index (κ1) is 23.4. The molecule has 4 heterocycles. The number of rotatable bonds is 5. The molecule has 9 heteroatoms. The number of aromatic amines is 1. The molecule has 0 spiro atoms. The second-order valence-electron chi connectivity index (χ2n) is 11.1. The van der Waals surface area contributed by atoms with Crippen LogP contribution in [0.4, 0.5) is 0 Å². The van der Waals surface area contributed by atoms with Crippen molar-refractivity contribution < 1.29 is 19.1 Å². The monoisotopic (exact) mass is 513 g/mol. The third-order valence-electron chi connectivity index (χ3n) is 8.79. The van der Waals surface area contributed by atoms with Crippen LogP contribution in [0.3, 0.4) is 0 Å². The summed E-state index contributed by atoms with van der Waals surface area (Å²) in [6.07, 6.45) is 7.16. The Labute approximate surface area is 220 Å². The highest BCUT2D eigenvalue weighted by molar-refractivity contribution is 6.05. The third kappa shape index (κ3) is 3.96. The number of nitrogens with one attached hydrogen (secondary N) is 2. The Morgan fingerprint density at radius 3 is 2.74 bits per heavy atom. The van der Waals surface area contributed by atoms with Crippen molar-refractivity contribution in [3.63, 3.8) is 0 Å². The van der Waals surface area contributed by atoms with E-state index in [0.29, 0.717) is 30.5 Å². The van der Waals surface area contributed by atoms with Crippen molar-refractivity contribution in [3.05, 3.63) is 59.3 Å². The van der Waals surface area contributed by atoms with E-state index >= 15 is 0 Å². The summed E-state index contributed by atoms with van der Waals surface area (Å²) >= 11 is 0. The second kappa shape index (κ2) is 9.23. The van der Waals surface area contributed by atoms with Crippen molar-refractivity contribution in [3.8, 4) is 5.75 Å². The van der Waals surface area contributed by atoms with Crippen LogP contribution < -0.4 is 10.1 Å². The number of fused-ring (bicyclic) bond motifs is 2. The Bertz CT molecular complexity index is 1430. The van der Waals surface area contributed by atoms with Crippen LogP contribution in [0, 0.1) is 0 Å². The number of hydrogen-bond acceptors (Lipinski definition) is 6. The predicted molar refractivity (Wildman–Crippen MR) is 140 cm³/mol. The molecule has 0 radical (unpaired) electrons. The van der Waals surface area contributed by atoms with Gasteiger partial charge < -0.3 is 9.64 Å². The SMILES string of the molecule is O=C1CCC(N2Cc3cc(OC4CCCCC4N4CC(c5cccc6[nH]ncc56)C4)ccc3C2=O)C(=O)N1. The molecule has 7 rings (SSSR count). The number of hydrogen-bond donors (Lipinski definition) is 2. The quantitative estimate of drug-likeness (QED) is 0.508. The molecule has 1 aliphatic carbocycles. The smallest absolute Gasteiger partial charge is 0.255 e. The van der Waals surface area contributed by atoms with E-state index < -0.39 is 6.04 Å². The molecule has 2 aromatic carbocycles. The van der Waals surface area contributed by atoms with Crippen LogP contribution in [0.1, 0.15) is 65.9 Å². The lowest BCUT2D eigenvalue weighted by Gasteiger charge is -2.48. The Hall–Kier alpha value is -3.72. The van der Waals surface area contributed by atoms with E-state index in [2.05, 4.69) is 38.6 Å². The number of aromatic nitrogens is 2. The summed E-state index contributed by atoms with van der Waals surface area (Å²) in [7, 11) is 0. The number of carbonyl (C=O) groups excluding carboxylic acids is 3. The minimum absolute atomic E-state index is 0.107. The fourth-order valence-electron chi connectivity index (χ4n) is 6.76. The van der Waals surface area contributed by atoms with Gasteiger partial charge in [0.15, 0.2) is 0 Å². The molecular formula is C29H31N5O4. The zero-order chi connectivity index (χ0) is 25.8. The van der Waals surface area contributed by atoms with Crippen LogP contribution >= 0.6 is 0 Å². The Morgan fingerprint density at radius 1 is 1.00 bits per heavy atom. The molecule has 196 valence electrons. The fourth-order valence-corrected chi connectivity index (χ4v) is 6.76. The van der Waals surface area contributed by atoms with Gasteiger partial charge in [0, 0.05) is 49.0 Å². The summed E-state index contributed by atoms with van der Waals surface area (Å²) < 4.78 is 6.59. The summed E-state index contributed by atoms with van der Waals surface area (Å²) in [5.41, 5.74) is 3.94. The molecule has 3 fully saturated rings. The number of amides is 3. The molecule has 3 amide bonds. The summed E-state index contributed by atoms with van der Waals surface area (Å²) in [6, 6.07) is 11.8. The number of benzene rings is 2. The number of ether oxygens (including phenoxy) is 1. The summed E-state index contributed by atoms with van der Waals surface area (Å²) in [5.74, 6) is 0.457. The van der Waals surface area contributed by atoms with Gasteiger partial charge in [-0.25, -0.2) is 0 Å². The topological polar surface area (TPSA) is 108 Å². The van der Waals surface area contributed by atoms with Crippen molar-refractivity contribution in [2.75, 3.05) is 13.1 Å². The first-order chi connectivity index (χ1) is 18.5. The average molecular weight is 514 g/mol. The molecule has 38 heavy (non-hydrogen) atoms. The van der Waals surface area contributed by atoms with E-state index in [1.807, 2.05) is 24.4 Å². The van der Waals surface area contributed by atoms with Crippen molar-refractivity contribution in [2.24, 2.45) is 0 Å². The lowest BCUT2D eigenvalue weighted by atomic mass is 9.83. The van der Waals surface area contributed by atoms with Gasteiger partial charge in [0.1, 0.15) is 17.9 Å². The van der Waals surface area contributed by atoms with Gasteiger partial charge in [0.2, 0.25) is 11.8 Å². The van der Waals surface area contributed by atoms with Gasteiger partial charge in [-0.15, -0.1) is 0 Å². The van der Waals surface area contributed by atoms with E-state index in [1.165, 1.54) is 17.4 Å². The molecular weight excluding hydrogens is 482 g/mol. The predicted octanol–water partition coefficient (Wildman–Crippen LogP) is 3.11. The van der Waals surface area contributed by atoms with E-state index in [0.717, 1.165) is 49.2 Å². The lowest BCUT2D eigenvalue weighted by molar-refractivity contribution is -0.136. The second-order valence-corrected chi connectivity index (χ2v) is 11.1. The summed E-state index contributed by atoms with van der Waals surface area (Å²) in [5, 5.41) is 10.9. The largest absolute Gasteiger partial charge is 0.489 e. The maximum Gasteiger partial charge on any atom is 0.255 e. The van der Waals surface area contributed by atoms with Crippen molar-refractivity contribution >= 4 is 28.6 Å². The minimum Gasteiger partial charge on any atom is -0.489 e. The van der Waals surface area contributed by atoms with Crippen LogP contribution in [-0.2, 0) is 16.1 Å². The molecule has 9 nitrogen and oxygen atoms in total. The van der Waals surface area contributed by atoms with Gasteiger partial charge >= 0.3 is 0 Å². The van der Waals surface area contributed by atoms with E-state index in [9.17, 15) is 14.4 Å². The molecule has 3 atom stereocenters. The number of H-pyrrole nitrogens is 1. The van der Waals surface area contributed by atoms with Gasteiger partial charge in [-0.05, 0) is 61.1 Å². The van der Waals surface area contributed by atoms with Crippen LogP contribution in [0.15, 0.2) is 42.6 Å². The number of imide groups is 1. The zero-order valence-electron chi connectivity index (χ0n) is 21.2. The van der Waals surface area contributed by atoms with Crippen molar-refractivity contribution in [1.82, 2.24) is 25.3 Å². The maximum atomic E-state index is 13.0. The Kier molecular flexibility index (Phi) is 5.69. The van der Waals surface area contributed by atoms with Gasteiger partial charge in [-0.2, -0.15) is 5.10 Å². The zero-order valence-corrected chi connectivity index (χ0v) is 21.2. The first-order valence-electron chi connectivity index (χ1n) is 13.7. The molecule has 2 saturated heterocycles. The molecule has 3 aromatic rings. The molecule has 1 saturated carbocycles. The van der Waals surface area contributed by atoms with Gasteiger partial charge in [-0.3, -0.25) is 29.7 Å². The maximum absolute atomic E-state index is 13.0. The van der Waals surface area contributed by atoms with Crippen LogP contribution in [0.2, 0.25) is 0 Å². The van der Waals surface area contributed by atoms with E-state index in [4.69, 9.17) is 4.74 Å². The molecule has 0 bridgehead atoms. The molecule has 3 aliphatic heterocycles. The van der Waals surface area contributed by atoms with Gasteiger partial charge in [0.25, 0.3) is 5.91 Å². The molecule has 2 N–H and O–H groups in total. The van der Waals surface area contributed by atoms with Crippen molar-refractivity contribution in [2.45, 2.75) is 69.2 Å². The standard InChI is InChI=1S/C29H31N5O4/c35-27-11-10-25(28(36)31-27)34-16-17-12-19(8-9-21(17)29(34)37)38-26-7-2-1-6-24(26)33-14-18(15-33)20-4-3-5-23-22(20)13-30-32-23/h3-5,8-9,12-13,18,24-26H,1-2,6-7,10-11,14-16H2,(H,30,32)(H,31,35,36). The van der Waals surface area contributed by atoms with Crippen LogP contribution in [-0.4, -0.2) is 69.0 Å². The Morgan fingerprint density at radius 2 is 1.87 bits per heavy atom. The first-order valence-corrected chi connectivity index (χ1v) is 13.7. The Balaban J connectivity index is 1.03. The highest BCUT2D eigenvalue weighted by atomic mass is 16.5.